The normalized spacial score (nSPS) is 12.6. The number of fused-ring (bicyclic) bond motifs is 4. The maximum atomic E-state index is 3.62. The SMILES string of the molecule is Cc1[nH]c2c(cc3ccc4c5[nH]c(C)c(C)c5cc5ccc2c3c54)c1C. The van der Waals surface area contributed by atoms with Gasteiger partial charge in [-0.3, -0.25) is 0 Å². The summed E-state index contributed by atoms with van der Waals surface area (Å²) in [5, 5.41) is 10.7. The summed E-state index contributed by atoms with van der Waals surface area (Å²) in [4.78, 5) is 7.25. The van der Waals surface area contributed by atoms with Crippen LogP contribution in [-0.2, 0) is 0 Å². The molecular weight excluding hydrogens is 316 g/mol. The van der Waals surface area contributed by atoms with E-state index in [0.717, 1.165) is 0 Å². The van der Waals surface area contributed by atoms with Gasteiger partial charge in [-0.1, -0.05) is 24.3 Å². The van der Waals surface area contributed by atoms with Crippen molar-refractivity contribution in [2.45, 2.75) is 27.7 Å². The molecule has 2 nitrogen and oxygen atoms in total. The van der Waals surface area contributed by atoms with Crippen LogP contribution in [-0.4, -0.2) is 9.97 Å². The van der Waals surface area contributed by atoms with Gasteiger partial charge in [0.25, 0.3) is 0 Å². The second-order valence-electron chi connectivity index (χ2n) is 7.77. The lowest BCUT2D eigenvalue weighted by molar-refractivity contribution is 1.26. The maximum Gasteiger partial charge on any atom is 0.0539 e. The predicted molar refractivity (Wildman–Crippen MR) is 113 cm³/mol. The largest absolute Gasteiger partial charge is 0.358 e. The first-order valence-corrected chi connectivity index (χ1v) is 9.23. The lowest BCUT2D eigenvalue weighted by atomic mass is 9.91. The van der Waals surface area contributed by atoms with Crippen LogP contribution in [0.1, 0.15) is 22.5 Å². The number of nitrogens with one attached hydrogen (secondary N) is 2. The number of aromatic nitrogens is 2. The molecule has 0 atom stereocenters. The minimum atomic E-state index is 1.26. The molecule has 2 heterocycles. The zero-order valence-electron chi connectivity index (χ0n) is 15.5. The molecule has 0 fully saturated rings. The van der Waals surface area contributed by atoms with E-state index in [1.807, 2.05) is 0 Å². The van der Waals surface area contributed by atoms with Crippen LogP contribution in [0.25, 0.3) is 54.1 Å². The van der Waals surface area contributed by atoms with Gasteiger partial charge in [0.05, 0.1) is 11.0 Å². The second-order valence-corrected chi connectivity index (χ2v) is 7.77. The minimum Gasteiger partial charge on any atom is -0.358 e. The van der Waals surface area contributed by atoms with Crippen LogP contribution >= 0.6 is 0 Å². The zero-order valence-corrected chi connectivity index (χ0v) is 15.5. The summed E-state index contributed by atoms with van der Waals surface area (Å²) >= 11 is 0. The summed E-state index contributed by atoms with van der Waals surface area (Å²) < 4.78 is 0. The molecule has 0 amide bonds. The molecule has 2 aromatic heterocycles. The van der Waals surface area contributed by atoms with E-state index in [2.05, 4.69) is 74.1 Å². The highest BCUT2D eigenvalue weighted by Gasteiger charge is 2.17. The van der Waals surface area contributed by atoms with E-state index in [4.69, 9.17) is 0 Å². The number of rotatable bonds is 0. The molecule has 2 N–H and O–H groups in total. The molecule has 0 saturated carbocycles. The molecule has 4 aromatic carbocycles. The van der Waals surface area contributed by atoms with Crippen molar-refractivity contribution in [3.8, 4) is 0 Å². The highest BCUT2D eigenvalue weighted by atomic mass is 14.7. The minimum absolute atomic E-state index is 1.26. The highest BCUT2D eigenvalue weighted by molar-refractivity contribution is 6.32. The molecule has 26 heavy (non-hydrogen) atoms. The van der Waals surface area contributed by atoms with Crippen molar-refractivity contribution in [2.24, 2.45) is 0 Å². The Bertz CT molecular complexity index is 1390. The standard InChI is InChI=1S/C24H20N2/c1-11-13(3)25-23-17-7-6-16-10-20-12(2)14(4)26-24(20)18-8-5-15(9-19(11)23)21(17)22(16)18/h5-10,25-26H,1-4H3. The average Bonchev–Trinajstić information content (AvgIpc) is 3.09. The summed E-state index contributed by atoms with van der Waals surface area (Å²) in [5.74, 6) is 0. The van der Waals surface area contributed by atoms with Crippen LogP contribution < -0.4 is 0 Å². The Morgan fingerprint density at radius 3 is 1.38 bits per heavy atom. The van der Waals surface area contributed by atoms with E-state index in [9.17, 15) is 0 Å². The molecule has 0 radical (unpaired) electrons. The molecule has 2 heteroatoms. The van der Waals surface area contributed by atoms with E-state index in [0.29, 0.717) is 0 Å². The van der Waals surface area contributed by atoms with E-state index in [1.165, 1.54) is 76.6 Å². The number of H-pyrrole nitrogens is 2. The van der Waals surface area contributed by atoms with Crippen molar-refractivity contribution in [2.75, 3.05) is 0 Å². The smallest absolute Gasteiger partial charge is 0.0539 e. The van der Waals surface area contributed by atoms with Gasteiger partial charge in [0.2, 0.25) is 0 Å². The fourth-order valence-electron chi connectivity index (χ4n) is 4.78. The Balaban J connectivity index is 1.96. The van der Waals surface area contributed by atoms with Gasteiger partial charge in [-0.2, -0.15) is 0 Å². The third-order valence-corrected chi connectivity index (χ3v) is 6.46. The molecule has 126 valence electrons. The predicted octanol–water partition coefficient (Wildman–Crippen LogP) is 6.78. The van der Waals surface area contributed by atoms with Gasteiger partial charge in [0.15, 0.2) is 0 Å². The third kappa shape index (κ3) is 1.49. The summed E-state index contributed by atoms with van der Waals surface area (Å²) in [6.45, 7) is 8.74. The van der Waals surface area contributed by atoms with Crippen LogP contribution in [0.3, 0.4) is 0 Å². The van der Waals surface area contributed by atoms with Crippen LogP contribution in [0, 0.1) is 27.7 Å². The summed E-state index contributed by atoms with van der Waals surface area (Å²) in [6.07, 6.45) is 0. The summed E-state index contributed by atoms with van der Waals surface area (Å²) in [5.41, 5.74) is 7.75. The molecule has 0 bridgehead atoms. The number of aromatic amines is 2. The van der Waals surface area contributed by atoms with E-state index < -0.39 is 0 Å². The molecule has 0 unspecified atom stereocenters. The topological polar surface area (TPSA) is 31.6 Å². The summed E-state index contributed by atoms with van der Waals surface area (Å²) in [6, 6.07) is 13.9. The first-order valence-electron chi connectivity index (χ1n) is 9.23. The fraction of sp³-hybridized carbons (Fsp3) is 0.167. The molecule has 0 saturated heterocycles. The van der Waals surface area contributed by atoms with Crippen molar-refractivity contribution >= 4 is 54.1 Å². The van der Waals surface area contributed by atoms with Crippen molar-refractivity contribution < 1.29 is 0 Å². The number of hydrogen-bond donors (Lipinski definition) is 2. The van der Waals surface area contributed by atoms with Gasteiger partial charge >= 0.3 is 0 Å². The lowest BCUT2D eigenvalue weighted by Crippen LogP contribution is -1.86. The zero-order chi connectivity index (χ0) is 17.7. The van der Waals surface area contributed by atoms with E-state index >= 15 is 0 Å². The number of hydrogen-bond acceptors (Lipinski definition) is 0. The molecule has 0 spiro atoms. The molecular formula is C24H20N2. The molecule has 6 rings (SSSR count). The van der Waals surface area contributed by atoms with Crippen LogP contribution in [0.15, 0.2) is 36.4 Å². The van der Waals surface area contributed by atoms with Crippen molar-refractivity contribution in [3.63, 3.8) is 0 Å². The van der Waals surface area contributed by atoms with Crippen LogP contribution in [0.5, 0.6) is 0 Å². The Morgan fingerprint density at radius 2 is 0.962 bits per heavy atom. The highest BCUT2D eigenvalue weighted by Crippen LogP contribution is 2.42. The fourth-order valence-corrected chi connectivity index (χ4v) is 4.78. The Kier molecular flexibility index (Phi) is 2.40. The quantitative estimate of drug-likeness (QED) is 0.286. The van der Waals surface area contributed by atoms with E-state index in [-0.39, 0.29) is 0 Å². The van der Waals surface area contributed by atoms with Gasteiger partial charge < -0.3 is 9.97 Å². The van der Waals surface area contributed by atoms with Gasteiger partial charge in [-0.15, -0.1) is 0 Å². The van der Waals surface area contributed by atoms with Gasteiger partial charge in [0.1, 0.15) is 0 Å². The van der Waals surface area contributed by atoms with Crippen LogP contribution in [0.2, 0.25) is 0 Å². The molecule has 0 aliphatic carbocycles. The van der Waals surface area contributed by atoms with Gasteiger partial charge in [-0.05, 0) is 72.5 Å². The molecule has 0 aliphatic heterocycles. The number of benzene rings is 4. The van der Waals surface area contributed by atoms with Crippen LogP contribution in [0.4, 0.5) is 0 Å². The van der Waals surface area contributed by atoms with Gasteiger partial charge in [0, 0.05) is 32.9 Å². The van der Waals surface area contributed by atoms with Crippen molar-refractivity contribution in [3.05, 3.63) is 58.9 Å². The second kappa shape index (κ2) is 4.39. The first-order chi connectivity index (χ1) is 12.5. The van der Waals surface area contributed by atoms with Crippen molar-refractivity contribution in [1.82, 2.24) is 9.97 Å². The average molecular weight is 336 g/mol. The van der Waals surface area contributed by atoms with Crippen molar-refractivity contribution in [1.29, 1.82) is 0 Å². The monoisotopic (exact) mass is 336 g/mol. The Morgan fingerprint density at radius 1 is 0.538 bits per heavy atom. The first kappa shape index (κ1) is 14.2. The summed E-state index contributed by atoms with van der Waals surface area (Å²) in [7, 11) is 0. The molecule has 6 aromatic rings. The van der Waals surface area contributed by atoms with E-state index in [1.54, 1.807) is 0 Å². The third-order valence-electron chi connectivity index (χ3n) is 6.46. The maximum absolute atomic E-state index is 3.62. The van der Waals surface area contributed by atoms with Gasteiger partial charge in [-0.25, -0.2) is 0 Å². The molecule has 0 aliphatic rings. The number of aryl methyl sites for hydroxylation is 4. The Labute approximate surface area is 151 Å². The Hall–Kier alpha value is -3.00. The lowest BCUT2D eigenvalue weighted by Gasteiger charge is -2.13.